The molecule has 6 nitrogen and oxygen atoms in total. The summed E-state index contributed by atoms with van der Waals surface area (Å²) < 4.78 is 28.0. The molecular weight excluding hydrogens is 281 g/mol. The predicted molar refractivity (Wildman–Crippen MR) is 72.7 cm³/mol. The Morgan fingerprint density at radius 3 is 2.62 bits per heavy atom. The van der Waals surface area contributed by atoms with Crippen LogP contribution in [0.1, 0.15) is 17.3 Å². The van der Waals surface area contributed by atoms with Gasteiger partial charge in [0.15, 0.2) is 17.7 Å². The first-order valence-electron chi connectivity index (χ1n) is 6.30. The molecule has 0 aliphatic rings. The summed E-state index contributed by atoms with van der Waals surface area (Å²) in [7, 11) is 2.83. The first-order chi connectivity index (χ1) is 9.99. The van der Waals surface area contributed by atoms with Crippen molar-refractivity contribution in [3.63, 3.8) is 0 Å². The third-order valence-electron chi connectivity index (χ3n) is 2.65. The van der Waals surface area contributed by atoms with E-state index < -0.39 is 23.8 Å². The number of benzene rings is 1. The fourth-order valence-electron chi connectivity index (χ4n) is 1.50. The highest BCUT2D eigenvalue weighted by atomic mass is 19.1. The fourth-order valence-corrected chi connectivity index (χ4v) is 1.50. The van der Waals surface area contributed by atoms with Crippen molar-refractivity contribution in [2.75, 3.05) is 27.4 Å². The maximum atomic E-state index is 13.5. The Bertz CT molecular complexity index is 506. The van der Waals surface area contributed by atoms with E-state index in [1.54, 1.807) is 0 Å². The Morgan fingerprint density at radius 1 is 1.33 bits per heavy atom. The molecule has 21 heavy (non-hydrogen) atoms. The topological polar surface area (TPSA) is 73.9 Å². The summed E-state index contributed by atoms with van der Waals surface area (Å²) in [6.45, 7) is 2.10. The first-order valence-corrected chi connectivity index (χ1v) is 6.30. The van der Waals surface area contributed by atoms with Crippen molar-refractivity contribution < 1.29 is 28.2 Å². The Hall–Kier alpha value is -2.15. The number of hydrogen-bond donors (Lipinski definition) is 1. The van der Waals surface area contributed by atoms with Crippen LogP contribution in [0.2, 0.25) is 0 Å². The number of hydrogen-bond acceptors (Lipinski definition) is 5. The molecule has 0 saturated heterocycles. The normalized spacial score (nSPS) is 11.6. The van der Waals surface area contributed by atoms with Crippen LogP contribution in [0, 0.1) is 5.82 Å². The van der Waals surface area contributed by atoms with Gasteiger partial charge in [0.05, 0.1) is 19.3 Å². The summed E-state index contributed by atoms with van der Waals surface area (Å²) in [5, 5.41) is 2.53. The van der Waals surface area contributed by atoms with Gasteiger partial charge >= 0.3 is 5.97 Å². The lowest BCUT2D eigenvalue weighted by Gasteiger charge is -2.13. The predicted octanol–water partition coefficient (Wildman–Crippen LogP) is 1.14. The quantitative estimate of drug-likeness (QED) is 0.604. The highest BCUT2D eigenvalue weighted by Gasteiger charge is 2.19. The van der Waals surface area contributed by atoms with Crippen LogP contribution in [0.25, 0.3) is 0 Å². The summed E-state index contributed by atoms with van der Waals surface area (Å²) in [4.78, 5) is 23.4. The van der Waals surface area contributed by atoms with E-state index in [1.807, 2.05) is 0 Å². The minimum atomic E-state index is -0.987. The van der Waals surface area contributed by atoms with Crippen LogP contribution < -0.4 is 10.1 Å². The first kappa shape index (κ1) is 16.9. The fraction of sp³-hybridized carbons (Fsp3) is 0.429. The van der Waals surface area contributed by atoms with Crippen molar-refractivity contribution in [2.45, 2.75) is 13.0 Å². The highest BCUT2D eigenvalue weighted by Crippen LogP contribution is 2.18. The molecule has 1 atom stereocenters. The van der Waals surface area contributed by atoms with Crippen LogP contribution >= 0.6 is 0 Å². The molecule has 0 fully saturated rings. The molecule has 7 heteroatoms. The van der Waals surface area contributed by atoms with Crippen LogP contribution in [0.3, 0.4) is 0 Å². The second-order valence-corrected chi connectivity index (χ2v) is 4.18. The second kappa shape index (κ2) is 8.21. The lowest BCUT2D eigenvalue weighted by molar-refractivity contribution is -0.129. The molecule has 0 unspecified atom stereocenters. The second-order valence-electron chi connectivity index (χ2n) is 4.18. The van der Waals surface area contributed by atoms with Crippen molar-refractivity contribution >= 4 is 11.9 Å². The van der Waals surface area contributed by atoms with Gasteiger partial charge in [-0.2, -0.15) is 0 Å². The van der Waals surface area contributed by atoms with E-state index >= 15 is 0 Å². The molecule has 1 rings (SSSR count). The molecule has 1 aromatic rings. The van der Waals surface area contributed by atoms with Crippen LogP contribution in [0.4, 0.5) is 4.39 Å². The number of ether oxygens (including phenoxy) is 3. The Labute approximate surface area is 122 Å². The Balaban J connectivity index is 2.59. The minimum Gasteiger partial charge on any atom is -0.494 e. The number of esters is 1. The van der Waals surface area contributed by atoms with Gasteiger partial charge in [0.25, 0.3) is 5.91 Å². The van der Waals surface area contributed by atoms with Crippen LogP contribution in [-0.2, 0) is 14.3 Å². The van der Waals surface area contributed by atoms with Crippen molar-refractivity contribution in [3.8, 4) is 5.75 Å². The summed E-state index contributed by atoms with van der Waals surface area (Å²) in [5.41, 5.74) is 0.00448. The van der Waals surface area contributed by atoms with E-state index in [0.717, 1.165) is 6.07 Å². The van der Waals surface area contributed by atoms with Gasteiger partial charge in [0.2, 0.25) is 0 Å². The maximum Gasteiger partial charge on any atom is 0.339 e. The number of methoxy groups -OCH3 is 2. The summed E-state index contributed by atoms with van der Waals surface area (Å²) >= 11 is 0. The average Bonchev–Trinajstić information content (AvgIpc) is 2.47. The average molecular weight is 299 g/mol. The number of carbonyl (C=O) groups is 2. The lowest BCUT2D eigenvalue weighted by atomic mass is 10.2. The van der Waals surface area contributed by atoms with E-state index in [9.17, 15) is 14.0 Å². The number of halogens is 1. The number of carbonyl (C=O) groups excluding carboxylic acids is 2. The molecular formula is C14H18FNO5. The lowest BCUT2D eigenvalue weighted by Crippen LogP contribution is -2.37. The molecule has 0 bridgehead atoms. The van der Waals surface area contributed by atoms with Crippen molar-refractivity contribution in [3.05, 3.63) is 29.6 Å². The zero-order valence-electron chi connectivity index (χ0n) is 12.1. The van der Waals surface area contributed by atoms with E-state index in [0.29, 0.717) is 13.2 Å². The Kier molecular flexibility index (Phi) is 6.61. The largest absolute Gasteiger partial charge is 0.494 e. The monoisotopic (exact) mass is 299 g/mol. The molecule has 1 N–H and O–H groups in total. The maximum absolute atomic E-state index is 13.5. The van der Waals surface area contributed by atoms with Crippen molar-refractivity contribution in [1.82, 2.24) is 5.32 Å². The number of amides is 1. The van der Waals surface area contributed by atoms with Crippen LogP contribution in [0.15, 0.2) is 18.2 Å². The summed E-state index contributed by atoms with van der Waals surface area (Å²) in [6, 6.07) is 3.67. The van der Waals surface area contributed by atoms with Gasteiger partial charge in [-0.3, -0.25) is 4.79 Å². The van der Waals surface area contributed by atoms with E-state index in [-0.39, 0.29) is 11.3 Å². The van der Waals surface area contributed by atoms with Gasteiger partial charge in [-0.05, 0) is 25.1 Å². The van der Waals surface area contributed by atoms with Gasteiger partial charge in [-0.15, -0.1) is 0 Å². The molecule has 0 aliphatic carbocycles. The number of nitrogens with one attached hydrogen (secondary N) is 1. The molecule has 0 aromatic heterocycles. The summed E-state index contributed by atoms with van der Waals surface area (Å²) in [5.74, 6) is -1.89. The van der Waals surface area contributed by atoms with Crippen molar-refractivity contribution in [2.24, 2.45) is 0 Å². The SMILES string of the molecule is COCCNC(=O)[C@H](C)OC(=O)c1ccc(OC)c(F)c1. The summed E-state index contributed by atoms with van der Waals surface area (Å²) in [6.07, 6.45) is -0.987. The van der Waals surface area contributed by atoms with E-state index in [1.165, 1.54) is 33.3 Å². The Morgan fingerprint density at radius 2 is 2.05 bits per heavy atom. The standard InChI is InChI=1S/C14H18FNO5/c1-9(13(17)16-6-7-19-2)21-14(18)10-4-5-12(20-3)11(15)8-10/h4-5,8-9H,6-7H2,1-3H3,(H,16,17)/t9-/m0/s1. The highest BCUT2D eigenvalue weighted by molar-refractivity contribution is 5.92. The third kappa shape index (κ3) is 5.03. The van der Waals surface area contributed by atoms with Gasteiger partial charge in [0.1, 0.15) is 0 Å². The third-order valence-corrected chi connectivity index (χ3v) is 2.65. The smallest absolute Gasteiger partial charge is 0.339 e. The van der Waals surface area contributed by atoms with E-state index in [2.05, 4.69) is 5.32 Å². The van der Waals surface area contributed by atoms with Gasteiger partial charge in [-0.25, -0.2) is 9.18 Å². The van der Waals surface area contributed by atoms with E-state index in [4.69, 9.17) is 14.2 Å². The molecule has 0 radical (unpaired) electrons. The minimum absolute atomic E-state index is 0.00448. The van der Waals surface area contributed by atoms with Gasteiger partial charge in [0, 0.05) is 13.7 Å². The van der Waals surface area contributed by atoms with Gasteiger partial charge < -0.3 is 19.5 Å². The van der Waals surface area contributed by atoms with Crippen LogP contribution in [-0.4, -0.2) is 45.4 Å². The zero-order chi connectivity index (χ0) is 15.8. The molecule has 0 saturated carbocycles. The number of rotatable bonds is 7. The van der Waals surface area contributed by atoms with Crippen molar-refractivity contribution in [1.29, 1.82) is 0 Å². The van der Waals surface area contributed by atoms with Crippen LogP contribution in [0.5, 0.6) is 5.75 Å². The molecule has 1 amide bonds. The zero-order valence-corrected chi connectivity index (χ0v) is 12.1. The molecule has 116 valence electrons. The van der Waals surface area contributed by atoms with Gasteiger partial charge in [-0.1, -0.05) is 0 Å². The molecule has 0 heterocycles. The molecule has 1 aromatic carbocycles. The molecule has 0 aliphatic heterocycles. The molecule has 0 spiro atoms.